The van der Waals surface area contributed by atoms with Crippen molar-refractivity contribution in [2.24, 2.45) is 12.0 Å². The number of nitrogens with zero attached hydrogens (tertiary/aromatic N) is 5. The van der Waals surface area contributed by atoms with Crippen LogP contribution in [0.4, 0.5) is 0 Å². The fraction of sp³-hybridized carbons (Fsp3) is 0.476. The van der Waals surface area contributed by atoms with Crippen LogP contribution in [-0.4, -0.2) is 90.4 Å². The van der Waals surface area contributed by atoms with Crippen LogP contribution < -0.4 is 10.6 Å². The molecule has 0 spiro atoms. The first kappa shape index (κ1) is 20.2. The zero-order chi connectivity index (χ0) is 21.1. The summed E-state index contributed by atoms with van der Waals surface area (Å²) in [6, 6.07) is -0.383. The van der Waals surface area contributed by atoms with Crippen LogP contribution in [0.15, 0.2) is 35.3 Å². The van der Waals surface area contributed by atoms with Crippen LogP contribution in [0.25, 0.3) is 5.57 Å². The number of amides is 1. The summed E-state index contributed by atoms with van der Waals surface area (Å²) in [5, 5.41) is 10.3. The van der Waals surface area contributed by atoms with Crippen molar-refractivity contribution in [2.75, 3.05) is 46.9 Å². The fourth-order valence-corrected chi connectivity index (χ4v) is 3.80. The van der Waals surface area contributed by atoms with Gasteiger partial charge in [-0.1, -0.05) is 12.0 Å². The van der Waals surface area contributed by atoms with Crippen LogP contribution in [0.5, 0.6) is 0 Å². The van der Waals surface area contributed by atoms with Crippen LogP contribution in [0.2, 0.25) is 0 Å². The van der Waals surface area contributed by atoms with E-state index in [1.165, 1.54) is 0 Å². The third-order valence-electron chi connectivity index (χ3n) is 5.53. The lowest BCUT2D eigenvalue weighted by atomic mass is 9.90. The summed E-state index contributed by atoms with van der Waals surface area (Å²) >= 11 is 0. The Morgan fingerprint density at radius 1 is 1.30 bits per heavy atom. The minimum atomic E-state index is -0.371. The largest absolute Gasteiger partial charge is 0.499 e. The van der Waals surface area contributed by atoms with Gasteiger partial charge in [0.05, 0.1) is 19.9 Å². The molecule has 2 unspecified atom stereocenters. The Labute approximate surface area is 176 Å². The summed E-state index contributed by atoms with van der Waals surface area (Å²) < 4.78 is 7.25. The van der Waals surface area contributed by atoms with Crippen molar-refractivity contribution in [3.63, 3.8) is 0 Å². The molecular formula is C21H27N7O2. The summed E-state index contributed by atoms with van der Waals surface area (Å²) in [4.78, 5) is 21.5. The lowest BCUT2D eigenvalue weighted by molar-refractivity contribution is -0.114. The molecule has 1 aliphatic carbocycles. The predicted molar refractivity (Wildman–Crippen MR) is 114 cm³/mol. The molecule has 1 amide bonds. The van der Waals surface area contributed by atoms with E-state index < -0.39 is 0 Å². The van der Waals surface area contributed by atoms with Gasteiger partial charge in [-0.05, 0) is 24.6 Å². The Morgan fingerprint density at radius 2 is 2.10 bits per heavy atom. The monoisotopic (exact) mass is 409 g/mol. The van der Waals surface area contributed by atoms with Crippen LogP contribution in [0.1, 0.15) is 5.56 Å². The second kappa shape index (κ2) is 8.73. The van der Waals surface area contributed by atoms with Gasteiger partial charge in [-0.15, -0.1) is 0 Å². The lowest BCUT2D eigenvalue weighted by Crippen LogP contribution is -2.45. The number of aromatic nitrogens is 2. The third kappa shape index (κ3) is 4.40. The first-order valence-corrected chi connectivity index (χ1v) is 10.0. The molecule has 3 heterocycles. The highest BCUT2D eigenvalue weighted by Gasteiger charge is 2.38. The number of methoxy groups -OCH3 is 1. The third-order valence-corrected chi connectivity index (χ3v) is 5.53. The number of hydrogen-bond donors (Lipinski definition) is 2. The van der Waals surface area contributed by atoms with E-state index in [1.807, 2.05) is 31.6 Å². The molecular weight excluding hydrogens is 382 g/mol. The van der Waals surface area contributed by atoms with Gasteiger partial charge in [-0.3, -0.25) is 19.7 Å². The molecule has 2 aliphatic heterocycles. The molecule has 1 aromatic rings. The number of rotatable bonds is 3. The SMILES string of the molecule is COC1=CC=C(c2cnn(C)c2)C2N=C(NC(=O)C#CCN3CCN(C)CC3)NC12. The smallest absolute Gasteiger partial charge is 0.302 e. The molecule has 2 atom stereocenters. The van der Waals surface area contributed by atoms with Crippen molar-refractivity contribution < 1.29 is 9.53 Å². The van der Waals surface area contributed by atoms with Crippen LogP contribution in [0.3, 0.4) is 0 Å². The highest BCUT2D eigenvalue weighted by Crippen LogP contribution is 2.32. The minimum absolute atomic E-state index is 0.177. The number of fused-ring (bicyclic) bond motifs is 1. The van der Waals surface area contributed by atoms with E-state index in [9.17, 15) is 4.79 Å². The molecule has 1 fully saturated rings. The van der Waals surface area contributed by atoms with Crippen LogP contribution in [0, 0.1) is 11.8 Å². The van der Waals surface area contributed by atoms with Gasteiger partial charge in [0.25, 0.3) is 0 Å². The molecule has 1 saturated heterocycles. The number of ether oxygens (including phenoxy) is 1. The van der Waals surface area contributed by atoms with Gasteiger partial charge < -0.3 is 15.0 Å². The summed E-state index contributed by atoms with van der Waals surface area (Å²) in [7, 11) is 5.62. The topological polar surface area (TPSA) is 87.0 Å². The van der Waals surface area contributed by atoms with Crippen molar-refractivity contribution in [3.05, 3.63) is 35.9 Å². The van der Waals surface area contributed by atoms with Crippen LogP contribution in [-0.2, 0) is 16.6 Å². The fourth-order valence-electron chi connectivity index (χ4n) is 3.80. The average molecular weight is 409 g/mol. The average Bonchev–Trinajstić information content (AvgIpc) is 3.34. The number of allylic oxidation sites excluding steroid dienone is 2. The van der Waals surface area contributed by atoms with Gasteiger partial charge in [0.1, 0.15) is 17.8 Å². The van der Waals surface area contributed by atoms with Gasteiger partial charge >= 0.3 is 5.91 Å². The number of piperazine rings is 1. The van der Waals surface area contributed by atoms with E-state index in [-0.39, 0.29) is 18.0 Å². The van der Waals surface area contributed by atoms with Crippen molar-refractivity contribution in [1.82, 2.24) is 30.2 Å². The minimum Gasteiger partial charge on any atom is -0.499 e. The maximum atomic E-state index is 12.3. The summed E-state index contributed by atoms with van der Waals surface area (Å²) in [5.74, 6) is 6.44. The maximum Gasteiger partial charge on any atom is 0.302 e. The van der Waals surface area contributed by atoms with E-state index in [1.54, 1.807) is 11.8 Å². The Hall–Kier alpha value is -3.09. The molecule has 3 aliphatic rings. The van der Waals surface area contributed by atoms with Gasteiger partial charge in [-0.2, -0.15) is 5.10 Å². The van der Waals surface area contributed by atoms with E-state index in [0.29, 0.717) is 12.5 Å². The van der Waals surface area contributed by atoms with E-state index >= 15 is 0 Å². The molecule has 9 heteroatoms. The Morgan fingerprint density at radius 3 is 2.80 bits per heavy atom. The highest BCUT2D eigenvalue weighted by molar-refractivity contribution is 6.06. The molecule has 1 aromatic heterocycles. The second-order valence-corrected chi connectivity index (χ2v) is 7.68. The molecule has 0 radical (unpaired) electrons. The van der Waals surface area contributed by atoms with Crippen molar-refractivity contribution in [1.29, 1.82) is 0 Å². The van der Waals surface area contributed by atoms with E-state index in [0.717, 1.165) is 43.1 Å². The highest BCUT2D eigenvalue weighted by atomic mass is 16.5. The molecule has 0 aromatic carbocycles. The number of nitrogens with one attached hydrogen (secondary N) is 2. The molecule has 0 saturated carbocycles. The molecule has 9 nitrogen and oxygen atoms in total. The van der Waals surface area contributed by atoms with Crippen LogP contribution >= 0.6 is 0 Å². The van der Waals surface area contributed by atoms with Crippen molar-refractivity contribution >= 4 is 17.4 Å². The van der Waals surface area contributed by atoms with Gasteiger partial charge in [0, 0.05) is 45.0 Å². The quantitative estimate of drug-likeness (QED) is 0.649. The maximum absolute atomic E-state index is 12.3. The van der Waals surface area contributed by atoms with E-state index in [4.69, 9.17) is 4.74 Å². The predicted octanol–water partition coefficient (Wildman–Crippen LogP) is -0.589. The van der Waals surface area contributed by atoms with Crippen molar-refractivity contribution in [2.45, 2.75) is 12.1 Å². The molecule has 30 heavy (non-hydrogen) atoms. The summed E-state index contributed by atoms with van der Waals surface area (Å²) in [5.41, 5.74) is 2.01. The summed E-state index contributed by atoms with van der Waals surface area (Å²) in [6.07, 6.45) is 7.67. The molecule has 2 N–H and O–H groups in total. The zero-order valence-electron chi connectivity index (χ0n) is 17.6. The number of guanidine groups is 1. The molecule has 0 bridgehead atoms. The van der Waals surface area contributed by atoms with Crippen molar-refractivity contribution in [3.8, 4) is 11.8 Å². The molecule has 4 rings (SSSR count). The first-order valence-electron chi connectivity index (χ1n) is 10.0. The van der Waals surface area contributed by atoms with Gasteiger partial charge in [0.2, 0.25) is 0 Å². The number of aliphatic imine (C=N–C) groups is 1. The molecule has 158 valence electrons. The summed E-state index contributed by atoms with van der Waals surface area (Å²) in [6.45, 7) is 4.59. The second-order valence-electron chi connectivity index (χ2n) is 7.68. The van der Waals surface area contributed by atoms with Gasteiger partial charge in [-0.25, -0.2) is 4.99 Å². The first-order chi connectivity index (χ1) is 14.5. The number of carbonyl (C=O) groups is 1. The van der Waals surface area contributed by atoms with Gasteiger partial charge in [0.15, 0.2) is 5.96 Å². The standard InChI is InChI=1S/C21H27N7O2/c1-26-9-11-28(12-10-26)8-4-5-18(29)23-21-24-19-16(15-13-22-27(2)14-15)6-7-17(30-3)20(19)25-21/h6-7,13-14,19-20H,8-12H2,1-3H3,(H2,23,24,25,29). The Bertz CT molecular complexity index is 957. The zero-order valence-corrected chi connectivity index (χ0v) is 17.6. The van der Waals surface area contributed by atoms with E-state index in [2.05, 4.69) is 49.4 Å². The Kier molecular flexibility index (Phi) is 5.88. The number of hydrogen-bond acceptors (Lipinski definition) is 7. The Balaban J connectivity index is 1.40. The normalized spacial score (nSPS) is 23.9. The number of likely N-dealkylation sites (N-methyl/N-ethyl adjacent to an activating group) is 1. The lowest BCUT2D eigenvalue weighted by Gasteiger charge is -2.30. The number of aryl methyl sites for hydroxylation is 1. The number of carbonyl (C=O) groups excluding carboxylic acids is 1.